The Bertz CT molecular complexity index is 1230. The smallest absolute Gasteiger partial charge is 0.487 e. The van der Waals surface area contributed by atoms with E-state index in [1.165, 1.54) is 18.2 Å². The Kier molecular flexibility index (Phi) is 5.77. The summed E-state index contributed by atoms with van der Waals surface area (Å²) in [4.78, 5) is 11.3. The van der Waals surface area contributed by atoms with Crippen LogP contribution in [-0.4, -0.2) is 22.0 Å². The van der Waals surface area contributed by atoms with Crippen LogP contribution in [0, 0.1) is 0 Å². The summed E-state index contributed by atoms with van der Waals surface area (Å²) >= 11 is 0. The number of fused-ring (bicyclic) bond motifs is 1. The molecule has 0 fully saturated rings. The number of carboxylic acid groups (broad SMARTS) is 1. The molecule has 0 aliphatic carbocycles. The van der Waals surface area contributed by atoms with Gasteiger partial charge in [-0.05, 0) is 54.1 Å². The third-order valence-electron chi connectivity index (χ3n) is 4.86. The predicted octanol–water partition coefficient (Wildman–Crippen LogP) is 5.87. The maximum atomic E-state index is 12.4. The second-order valence-electron chi connectivity index (χ2n) is 7.09. The number of nitrogens with zero attached hydrogens (tertiary/aromatic N) is 1. The Balaban J connectivity index is 1.65. The van der Waals surface area contributed by atoms with Gasteiger partial charge in [-0.2, -0.15) is 0 Å². The van der Waals surface area contributed by atoms with Crippen molar-refractivity contribution in [1.29, 1.82) is 0 Å². The molecule has 1 N–H and O–H groups in total. The summed E-state index contributed by atoms with van der Waals surface area (Å²) in [5.41, 5.74) is 2.50. The molecule has 0 aliphatic rings. The van der Waals surface area contributed by atoms with E-state index in [9.17, 15) is 23.1 Å². The molecule has 3 aromatic carbocycles. The molecule has 0 saturated carbocycles. The van der Waals surface area contributed by atoms with Gasteiger partial charge in [-0.15, -0.1) is 13.2 Å². The van der Waals surface area contributed by atoms with Gasteiger partial charge in [-0.25, -0.2) is 4.79 Å². The number of alkyl halides is 3. The van der Waals surface area contributed by atoms with Gasteiger partial charge < -0.3 is 19.1 Å². The SMILES string of the molecule is O=C(O)c1ccc2c(c1)cc(COc1ccccc1)n2Cc1ccc(OC(F)(F)F)cc1. The molecule has 4 rings (SSSR count). The first kappa shape index (κ1) is 21.3. The fourth-order valence-electron chi connectivity index (χ4n) is 3.42. The molecule has 1 heterocycles. The molecule has 0 spiro atoms. The Labute approximate surface area is 181 Å². The average molecular weight is 441 g/mol. The molecule has 5 nitrogen and oxygen atoms in total. The van der Waals surface area contributed by atoms with Crippen LogP contribution >= 0.6 is 0 Å². The highest BCUT2D eigenvalue weighted by atomic mass is 19.4. The topological polar surface area (TPSA) is 60.7 Å². The van der Waals surface area contributed by atoms with E-state index in [1.807, 2.05) is 41.0 Å². The lowest BCUT2D eigenvalue weighted by Gasteiger charge is -2.13. The first-order valence-corrected chi connectivity index (χ1v) is 9.66. The highest BCUT2D eigenvalue weighted by molar-refractivity contribution is 5.94. The number of benzene rings is 3. The Morgan fingerprint density at radius 1 is 0.906 bits per heavy atom. The van der Waals surface area contributed by atoms with E-state index in [4.69, 9.17) is 4.74 Å². The number of ether oxygens (including phenoxy) is 2. The first-order valence-electron chi connectivity index (χ1n) is 9.66. The second kappa shape index (κ2) is 8.66. The lowest BCUT2D eigenvalue weighted by Crippen LogP contribution is -2.17. The average Bonchev–Trinajstić information content (AvgIpc) is 3.10. The van der Waals surface area contributed by atoms with Crippen LogP contribution in [0.15, 0.2) is 78.9 Å². The summed E-state index contributed by atoms with van der Waals surface area (Å²) in [5.74, 6) is -0.636. The van der Waals surface area contributed by atoms with E-state index in [0.717, 1.165) is 22.2 Å². The fraction of sp³-hybridized carbons (Fsp3) is 0.125. The van der Waals surface area contributed by atoms with Crippen LogP contribution < -0.4 is 9.47 Å². The fourth-order valence-corrected chi connectivity index (χ4v) is 3.42. The van der Waals surface area contributed by atoms with Gasteiger partial charge in [-0.3, -0.25) is 0 Å². The minimum absolute atomic E-state index is 0.166. The highest BCUT2D eigenvalue weighted by Gasteiger charge is 2.31. The third kappa shape index (κ3) is 5.03. The molecule has 4 aromatic rings. The van der Waals surface area contributed by atoms with Crippen molar-refractivity contribution in [2.45, 2.75) is 19.5 Å². The van der Waals surface area contributed by atoms with E-state index in [2.05, 4.69) is 4.74 Å². The zero-order chi connectivity index (χ0) is 22.7. The molecule has 0 saturated heterocycles. The van der Waals surface area contributed by atoms with Crippen LogP contribution in [0.25, 0.3) is 10.9 Å². The first-order chi connectivity index (χ1) is 15.3. The van der Waals surface area contributed by atoms with Gasteiger partial charge in [0.05, 0.1) is 11.3 Å². The Morgan fingerprint density at radius 2 is 1.62 bits per heavy atom. The van der Waals surface area contributed by atoms with Crippen molar-refractivity contribution in [3.8, 4) is 11.5 Å². The van der Waals surface area contributed by atoms with E-state index >= 15 is 0 Å². The van der Waals surface area contributed by atoms with Crippen LogP contribution in [0.2, 0.25) is 0 Å². The zero-order valence-corrected chi connectivity index (χ0v) is 16.7. The maximum Gasteiger partial charge on any atom is 0.573 e. The van der Waals surface area contributed by atoms with E-state index in [1.54, 1.807) is 24.3 Å². The van der Waals surface area contributed by atoms with Crippen LogP contribution in [0.3, 0.4) is 0 Å². The number of carbonyl (C=O) groups is 1. The molecule has 1 aromatic heterocycles. The molecule has 32 heavy (non-hydrogen) atoms. The van der Waals surface area contributed by atoms with Gasteiger partial charge in [0.25, 0.3) is 0 Å². The number of hydrogen-bond donors (Lipinski definition) is 1. The summed E-state index contributed by atoms with van der Waals surface area (Å²) in [6.07, 6.45) is -4.75. The van der Waals surface area contributed by atoms with Crippen molar-refractivity contribution in [1.82, 2.24) is 4.57 Å². The number of halogens is 3. The van der Waals surface area contributed by atoms with Crippen molar-refractivity contribution in [3.63, 3.8) is 0 Å². The van der Waals surface area contributed by atoms with Crippen molar-refractivity contribution >= 4 is 16.9 Å². The van der Waals surface area contributed by atoms with Crippen LogP contribution in [0.4, 0.5) is 13.2 Å². The molecular formula is C24H18F3NO4. The number of aromatic nitrogens is 1. The quantitative estimate of drug-likeness (QED) is 0.390. The standard InChI is InChI=1S/C24H18F3NO4/c25-24(26,27)32-21-9-6-16(7-10-21)14-28-19(15-31-20-4-2-1-3-5-20)13-18-12-17(23(29)30)8-11-22(18)28/h1-13H,14-15H2,(H,29,30). The molecule has 164 valence electrons. The Hall–Kier alpha value is -3.94. The molecule has 8 heteroatoms. The lowest BCUT2D eigenvalue weighted by atomic mass is 10.1. The van der Waals surface area contributed by atoms with Crippen molar-refractivity contribution in [3.05, 3.63) is 95.7 Å². The van der Waals surface area contributed by atoms with Gasteiger partial charge in [0, 0.05) is 17.4 Å². The number of hydrogen-bond acceptors (Lipinski definition) is 3. The molecule has 0 amide bonds. The second-order valence-corrected chi connectivity index (χ2v) is 7.09. The monoisotopic (exact) mass is 441 g/mol. The van der Waals surface area contributed by atoms with Gasteiger partial charge in [-0.1, -0.05) is 30.3 Å². The number of carboxylic acids is 1. The summed E-state index contributed by atoms with van der Waals surface area (Å²) in [6, 6.07) is 21.5. The van der Waals surface area contributed by atoms with Crippen LogP contribution in [0.5, 0.6) is 11.5 Å². The summed E-state index contributed by atoms with van der Waals surface area (Å²) in [5, 5.41) is 10.0. The molecule has 0 aliphatic heterocycles. The maximum absolute atomic E-state index is 12.4. The number of para-hydroxylation sites is 1. The van der Waals surface area contributed by atoms with E-state index in [0.29, 0.717) is 12.3 Å². The predicted molar refractivity (Wildman–Crippen MR) is 112 cm³/mol. The lowest BCUT2D eigenvalue weighted by molar-refractivity contribution is -0.274. The highest BCUT2D eigenvalue weighted by Crippen LogP contribution is 2.26. The van der Waals surface area contributed by atoms with E-state index < -0.39 is 12.3 Å². The summed E-state index contributed by atoms with van der Waals surface area (Å²) < 4.78 is 49.0. The van der Waals surface area contributed by atoms with Crippen LogP contribution in [0.1, 0.15) is 21.6 Å². The normalized spacial score (nSPS) is 11.5. The number of rotatable bonds is 7. The molecule has 0 unspecified atom stereocenters. The summed E-state index contributed by atoms with van der Waals surface area (Å²) in [6.45, 7) is 0.589. The zero-order valence-electron chi connectivity index (χ0n) is 16.7. The minimum Gasteiger partial charge on any atom is -0.487 e. The van der Waals surface area contributed by atoms with Crippen molar-refractivity contribution in [2.75, 3.05) is 0 Å². The van der Waals surface area contributed by atoms with Crippen LogP contribution in [-0.2, 0) is 13.2 Å². The van der Waals surface area contributed by atoms with Crippen molar-refractivity contribution < 1.29 is 32.5 Å². The van der Waals surface area contributed by atoms with Gasteiger partial charge in [0.1, 0.15) is 18.1 Å². The minimum atomic E-state index is -4.75. The largest absolute Gasteiger partial charge is 0.573 e. The van der Waals surface area contributed by atoms with Gasteiger partial charge in [0.15, 0.2) is 0 Å². The molecule has 0 atom stereocenters. The molecular weight excluding hydrogens is 423 g/mol. The van der Waals surface area contributed by atoms with Crippen molar-refractivity contribution in [2.24, 2.45) is 0 Å². The third-order valence-corrected chi connectivity index (χ3v) is 4.86. The Morgan fingerprint density at radius 3 is 2.28 bits per heavy atom. The molecule has 0 bridgehead atoms. The van der Waals surface area contributed by atoms with Gasteiger partial charge in [0.2, 0.25) is 0 Å². The molecule has 0 radical (unpaired) electrons. The number of aromatic carboxylic acids is 1. The van der Waals surface area contributed by atoms with E-state index in [-0.39, 0.29) is 17.9 Å². The van der Waals surface area contributed by atoms with Gasteiger partial charge >= 0.3 is 12.3 Å². The summed E-state index contributed by atoms with van der Waals surface area (Å²) in [7, 11) is 0.